The van der Waals surface area contributed by atoms with Gasteiger partial charge in [-0.15, -0.1) is 0 Å². The number of piperidine rings is 1. The molecule has 5 heteroatoms. The Kier molecular flexibility index (Phi) is 3.71. The summed E-state index contributed by atoms with van der Waals surface area (Å²) in [4.78, 5) is 14.6. The first kappa shape index (κ1) is 12.6. The van der Waals surface area contributed by atoms with E-state index in [0.717, 1.165) is 22.7 Å². The molecule has 1 amide bonds. The zero-order chi connectivity index (χ0) is 12.5. The van der Waals surface area contributed by atoms with Gasteiger partial charge in [-0.1, -0.05) is 12.8 Å². The van der Waals surface area contributed by atoms with Gasteiger partial charge in [0.1, 0.15) is 5.69 Å². The SMILES string of the molecule is O=C(c1cc(Br)sn1)N1CCC[C@@H]2CCCC[C@@H]21. The largest absolute Gasteiger partial charge is 0.334 e. The van der Waals surface area contributed by atoms with Crippen LogP contribution in [0.15, 0.2) is 9.85 Å². The molecule has 1 saturated heterocycles. The molecule has 2 heterocycles. The summed E-state index contributed by atoms with van der Waals surface area (Å²) in [5.41, 5.74) is 0.609. The standard InChI is InChI=1S/C13H17BrN2OS/c14-12-8-10(15-18-12)13(17)16-7-3-5-9-4-1-2-6-11(9)16/h8-9,11H,1-7H2/t9-,11-/m0/s1. The highest BCUT2D eigenvalue weighted by atomic mass is 79.9. The van der Waals surface area contributed by atoms with E-state index in [1.54, 1.807) is 0 Å². The van der Waals surface area contributed by atoms with E-state index in [4.69, 9.17) is 0 Å². The van der Waals surface area contributed by atoms with Gasteiger partial charge in [0.25, 0.3) is 5.91 Å². The number of carbonyl (C=O) groups is 1. The maximum Gasteiger partial charge on any atom is 0.273 e. The fraction of sp³-hybridized carbons (Fsp3) is 0.692. The first-order valence-corrected chi connectivity index (χ1v) is 8.25. The van der Waals surface area contributed by atoms with Crippen LogP contribution in [0.5, 0.6) is 0 Å². The Morgan fingerprint density at radius 3 is 2.89 bits per heavy atom. The molecule has 0 aromatic carbocycles. The van der Waals surface area contributed by atoms with Gasteiger partial charge < -0.3 is 4.90 Å². The van der Waals surface area contributed by atoms with Gasteiger partial charge in [0.05, 0.1) is 3.79 Å². The summed E-state index contributed by atoms with van der Waals surface area (Å²) in [5.74, 6) is 0.868. The van der Waals surface area contributed by atoms with Crippen LogP contribution in [0.3, 0.4) is 0 Å². The van der Waals surface area contributed by atoms with Crippen LogP contribution >= 0.6 is 27.5 Å². The fourth-order valence-electron chi connectivity index (χ4n) is 3.38. The minimum Gasteiger partial charge on any atom is -0.334 e. The van der Waals surface area contributed by atoms with Crippen LogP contribution < -0.4 is 0 Å². The molecular formula is C13H17BrN2OS. The summed E-state index contributed by atoms with van der Waals surface area (Å²) in [6.45, 7) is 0.912. The molecule has 2 atom stereocenters. The topological polar surface area (TPSA) is 33.2 Å². The van der Waals surface area contributed by atoms with Crippen molar-refractivity contribution in [3.8, 4) is 0 Å². The van der Waals surface area contributed by atoms with Crippen molar-refractivity contribution in [3.63, 3.8) is 0 Å². The van der Waals surface area contributed by atoms with Crippen molar-refractivity contribution >= 4 is 33.4 Å². The lowest BCUT2D eigenvalue weighted by Crippen LogP contribution is -2.49. The van der Waals surface area contributed by atoms with E-state index in [-0.39, 0.29) is 5.91 Å². The number of nitrogens with zero attached hydrogens (tertiary/aromatic N) is 2. The molecule has 0 unspecified atom stereocenters. The highest BCUT2D eigenvalue weighted by Gasteiger charge is 2.36. The quantitative estimate of drug-likeness (QED) is 0.787. The molecule has 3 nitrogen and oxygen atoms in total. The van der Waals surface area contributed by atoms with Gasteiger partial charge in [-0.05, 0) is 65.1 Å². The predicted octanol–water partition coefficient (Wildman–Crippen LogP) is 3.70. The number of fused-ring (bicyclic) bond motifs is 1. The van der Waals surface area contributed by atoms with Crippen LogP contribution in [0, 0.1) is 5.92 Å². The number of amides is 1. The Morgan fingerprint density at radius 1 is 1.33 bits per heavy atom. The Morgan fingerprint density at radius 2 is 2.11 bits per heavy atom. The first-order valence-electron chi connectivity index (χ1n) is 6.69. The summed E-state index contributed by atoms with van der Waals surface area (Å²) in [6, 6.07) is 2.32. The minimum absolute atomic E-state index is 0.133. The fourth-order valence-corrected chi connectivity index (χ4v) is 4.29. The average Bonchev–Trinajstić information content (AvgIpc) is 2.84. The average molecular weight is 329 g/mol. The third kappa shape index (κ3) is 2.35. The second-order valence-corrected chi connectivity index (χ2v) is 7.45. The number of likely N-dealkylation sites (tertiary alicyclic amines) is 1. The zero-order valence-electron chi connectivity index (χ0n) is 10.3. The van der Waals surface area contributed by atoms with Crippen LogP contribution in [-0.2, 0) is 0 Å². The molecule has 0 spiro atoms. The van der Waals surface area contributed by atoms with Crippen molar-refractivity contribution in [1.82, 2.24) is 9.27 Å². The molecule has 3 rings (SSSR count). The molecule has 18 heavy (non-hydrogen) atoms. The van der Waals surface area contributed by atoms with Gasteiger partial charge in [-0.25, -0.2) is 0 Å². The molecule has 1 aliphatic carbocycles. The van der Waals surface area contributed by atoms with Gasteiger partial charge in [-0.3, -0.25) is 4.79 Å². The molecule has 2 aliphatic rings. The lowest BCUT2D eigenvalue weighted by Gasteiger charge is -2.43. The van der Waals surface area contributed by atoms with Crippen molar-refractivity contribution in [3.05, 3.63) is 15.5 Å². The zero-order valence-corrected chi connectivity index (χ0v) is 12.7. The van der Waals surface area contributed by atoms with E-state index in [2.05, 4.69) is 25.2 Å². The summed E-state index contributed by atoms with van der Waals surface area (Å²) in [6.07, 6.45) is 7.54. The van der Waals surface area contributed by atoms with Gasteiger partial charge in [0, 0.05) is 12.6 Å². The van der Waals surface area contributed by atoms with E-state index in [9.17, 15) is 4.79 Å². The van der Waals surface area contributed by atoms with Gasteiger partial charge in [0.2, 0.25) is 0 Å². The van der Waals surface area contributed by atoms with Crippen molar-refractivity contribution < 1.29 is 4.79 Å². The van der Waals surface area contributed by atoms with E-state index in [1.165, 1.54) is 43.6 Å². The van der Waals surface area contributed by atoms with Crippen LogP contribution in [0.2, 0.25) is 0 Å². The Labute approximate surface area is 120 Å². The van der Waals surface area contributed by atoms with Crippen LogP contribution in [-0.4, -0.2) is 27.8 Å². The second-order valence-electron chi connectivity index (χ2n) is 5.27. The van der Waals surface area contributed by atoms with E-state index in [1.807, 2.05) is 6.07 Å². The highest BCUT2D eigenvalue weighted by Crippen LogP contribution is 2.36. The normalized spacial score (nSPS) is 27.9. The molecule has 1 aromatic heterocycles. The number of carbonyl (C=O) groups excluding carboxylic acids is 1. The van der Waals surface area contributed by atoms with E-state index < -0.39 is 0 Å². The summed E-state index contributed by atoms with van der Waals surface area (Å²) >= 11 is 4.72. The summed E-state index contributed by atoms with van der Waals surface area (Å²) in [7, 11) is 0. The molecule has 98 valence electrons. The molecule has 1 saturated carbocycles. The molecule has 1 aromatic rings. The van der Waals surface area contributed by atoms with E-state index >= 15 is 0 Å². The second kappa shape index (κ2) is 5.29. The number of rotatable bonds is 1. The van der Waals surface area contributed by atoms with E-state index in [0.29, 0.717) is 11.7 Å². The Hall–Kier alpha value is -0.420. The smallest absolute Gasteiger partial charge is 0.273 e. The van der Waals surface area contributed by atoms with Crippen molar-refractivity contribution in [2.24, 2.45) is 5.92 Å². The third-order valence-electron chi connectivity index (χ3n) is 4.20. The predicted molar refractivity (Wildman–Crippen MR) is 75.8 cm³/mol. The third-order valence-corrected chi connectivity index (χ3v) is 5.45. The van der Waals surface area contributed by atoms with Gasteiger partial charge in [0.15, 0.2) is 0 Å². The number of aromatic nitrogens is 1. The van der Waals surface area contributed by atoms with Crippen LogP contribution in [0.25, 0.3) is 0 Å². The Bertz CT molecular complexity index is 446. The van der Waals surface area contributed by atoms with Crippen molar-refractivity contribution in [2.45, 2.75) is 44.6 Å². The molecule has 0 N–H and O–H groups in total. The van der Waals surface area contributed by atoms with Crippen LogP contribution in [0.4, 0.5) is 0 Å². The highest BCUT2D eigenvalue weighted by molar-refractivity contribution is 9.11. The van der Waals surface area contributed by atoms with Gasteiger partial charge >= 0.3 is 0 Å². The minimum atomic E-state index is 0.133. The monoisotopic (exact) mass is 328 g/mol. The van der Waals surface area contributed by atoms with Crippen molar-refractivity contribution in [2.75, 3.05) is 6.54 Å². The van der Waals surface area contributed by atoms with Crippen LogP contribution in [0.1, 0.15) is 49.0 Å². The Balaban J connectivity index is 1.79. The lowest BCUT2D eigenvalue weighted by atomic mass is 9.78. The molecular weight excluding hydrogens is 312 g/mol. The number of hydrogen-bond acceptors (Lipinski definition) is 3. The summed E-state index contributed by atoms with van der Waals surface area (Å²) < 4.78 is 5.17. The molecule has 1 aliphatic heterocycles. The first-order chi connectivity index (χ1) is 8.75. The molecule has 0 bridgehead atoms. The number of hydrogen-bond donors (Lipinski definition) is 0. The lowest BCUT2D eigenvalue weighted by molar-refractivity contribution is 0.0386. The number of halogens is 1. The van der Waals surface area contributed by atoms with Crippen molar-refractivity contribution in [1.29, 1.82) is 0 Å². The maximum atomic E-state index is 12.5. The van der Waals surface area contributed by atoms with Gasteiger partial charge in [-0.2, -0.15) is 4.37 Å². The molecule has 0 radical (unpaired) electrons. The molecule has 2 fully saturated rings. The maximum absolute atomic E-state index is 12.5. The summed E-state index contributed by atoms with van der Waals surface area (Å²) in [5, 5.41) is 0.